The Labute approximate surface area is 193 Å². The minimum absolute atomic E-state index is 0.0191. The van der Waals surface area contributed by atoms with Crippen LogP contribution in [0.2, 0.25) is 0 Å². The van der Waals surface area contributed by atoms with Gasteiger partial charge in [0.15, 0.2) is 0 Å². The predicted molar refractivity (Wildman–Crippen MR) is 127 cm³/mol. The quantitative estimate of drug-likeness (QED) is 0.519. The van der Waals surface area contributed by atoms with Crippen LogP contribution < -0.4 is 5.32 Å². The zero-order valence-electron chi connectivity index (χ0n) is 18.9. The highest BCUT2D eigenvalue weighted by atomic mass is 32.2. The summed E-state index contributed by atoms with van der Waals surface area (Å²) in [6, 6.07) is 11.4. The first-order chi connectivity index (χ1) is 15.7. The SMILES string of the molecule is Cc1cc(C)c(O)c(-c2cc(C(=O)Nc3ccc(S(=O)(=O)N4CCCC[C@@H]4C)cc3)[nH]n2)c1. The van der Waals surface area contributed by atoms with Crippen molar-refractivity contribution in [3.8, 4) is 17.0 Å². The maximum absolute atomic E-state index is 13.0. The van der Waals surface area contributed by atoms with Crippen molar-refractivity contribution in [1.82, 2.24) is 14.5 Å². The lowest BCUT2D eigenvalue weighted by atomic mass is 10.0. The van der Waals surface area contributed by atoms with Gasteiger partial charge in [0.2, 0.25) is 10.0 Å². The van der Waals surface area contributed by atoms with E-state index in [-0.39, 0.29) is 22.4 Å². The number of benzene rings is 2. The molecule has 3 aromatic rings. The lowest BCUT2D eigenvalue weighted by Gasteiger charge is -2.32. The topological polar surface area (TPSA) is 115 Å². The maximum Gasteiger partial charge on any atom is 0.273 e. The van der Waals surface area contributed by atoms with Crippen molar-refractivity contribution >= 4 is 21.6 Å². The molecule has 33 heavy (non-hydrogen) atoms. The first kappa shape index (κ1) is 23.0. The Kier molecular flexibility index (Phi) is 6.27. The van der Waals surface area contributed by atoms with E-state index in [1.807, 2.05) is 32.9 Å². The Hall–Kier alpha value is -3.17. The van der Waals surface area contributed by atoms with Gasteiger partial charge in [0, 0.05) is 23.8 Å². The van der Waals surface area contributed by atoms with Crippen molar-refractivity contribution in [3.05, 3.63) is 59.3 Å². The number of rotatable bonds is 5. The Morgan fingerprint density at radius 1 is 1.15 bits per heavy atom. The van der Waals surface area contributed by atoms with E-state index in [1.54, 1.807) is 22.5 Å². The summed E-state index contributed by atoms with van der Waals surface area (Å²) in [5.74, 6) is -0.295. The van der Waals surface area contributed by atoms with Crippen molar-refractivity contribution in [2.75, 3.05) is 11.9 Å². The predicted octanol–water partition coefficient (Wildman–Crippen LogP) is 4.21. The molecule has 0 unspecified atom stereocenters. The normalized spacial score (nSPS) is 17.1. The van der Waals surface area contributed by atoms with Gasteiger partial charge in [0.1, 0.15) is 11.4 Å². The molecule has 0 aliphatic carbocycles. The number of nitrogens with zero attached hydrogens (tertiary/aromatic N) is 2. The summed E-state index contributed by atoms with van der Waals surface area (Å²) >= 11 is 0. The maximum atomic E-state index is 13.0. The molecule has 4 rings (SSSR count). The fourth-order valence-electron chi connectivity index (χ4n) is 4.20. The van der Waals surface area contributed by atoms with E-state index in [0.717, 1.165) is 30.4 Å². The molecule has 2 aromatic carbocycles. The number of carbonyl (C=O) groups is 1. The van der Waals surface area contributed by atoms with Crippen molar-refractivity contribution in [1.29, 1.82) is 0 Å². The molecular weight excluding hydrogens is 440 g/mol. The third-order valence-electron chi connectivity index (χ3n) is 6.00. The van der Waals surface area contributed by atoms with Crippen LogP contribution >= 0.6 is 0 Å². The molecule has 2 heterocycles. The molecule has 3 N–H and O–H groups in total. The van der Waals surface area contributed by atoms with Crippen LogP contribution in [0, 0.1) is 13.8 Å². The van der Waals surface area contributed by atoms with E-state index in [4.69, 9.17) is 0 Å². The van der Waals surface area contributed by atoms with E-state index in [0.29, 0.717) is 23.5 Å². The Bertz CT molecular complexity index is 1280. The summed E-state index contributed by atoms with van der Waals surface area (Å²) < 4.78 is 27.5. The molecule has 1 aliphatic heterocycles. The van der Waals surface area contributed by atoms with Gasteiger partial charge in [-0.15, -0.1) is 0 Å². The van der Waals surface area contributed by atoms with Crippen molar-refractivity contribution in [2.24, 2.45) is 0 Å². The number of aromatic nitrogens is 2. The van der Waals surface area contributed by atoms with Gasteiger partial charge in [-0.1, -0.05) is 12.5 Å². The number of phenolic OH excluding ortho intramolecular Hbond substituents is 1. The molecule has 1 amide bonds. The van der Waals surface area contributed by atoms with Gasteiger partial charge in [-0.3, -0.25) is 9.89 Å². The van der Waals surface area contributed by atoms with Gasteiger partial charge < -0.3 is 10.4 Å². The molecule has 1 aromatic heterocycles. The average molecular weight is 469 g/mol. The largest absolute Gasteiger partial charge is 0.507 e. The van der Waals surface area contributed by atoms with E-state index in [2.05, 4.69) is 15.5 Å². The number of sulfonamides is 1. The summed E-state index contributed by atoms with van der Waals surface area (Å²) in [7, 11) is -3.57. The number of aromatic hydroxyl groups is 1. The average Bonchev–Trinajstić information content (AvgIpc) is 3.27. The molecule has 1 saturated heterocycles. The molecule has 0 bridgehead atoms. The van der Waals surface area contributed by atoms with Gasteiger partial charge in [-0.2, -0.15) is 9.40 Å². The first-order valence-corrected chi connectivity index (χ1v) is 12.4. The number of nitrogens with one attached hydrogen (secondary N) is 2. The number of carbonyl (C=O) groups excluding carboxylic acids is 1. The molecular formula is C24H28N4O4S. The summed E-state index contributed by atoms with van der Waals surface area (Å²) in [6.07, 6.45) is 2.76. The first-order valence-electron chi connectivity index (χ1n) is 11.0. The van der Waals surface area contributed by atoms with Crippen LogP contribution in [0.25, 0.3) is 11.3 Å². The minimum atomic E-state index is -3.57. The lowest BCUT2D eigenvalue weighted by molar-refractivity contribution is 0.102. The molecule has 9 heteroatoms. The van der Waals surface area contributed by atoms with Crippen LogP contribution in [0.15, 0.2) is 47.4 Å². The number of aromatic amines is 1. The van der Waals surface area contributed by atoms with Crippen LogP contribution in [-0.2, 0) is 10.0 Å². The Morgan fingerprint density at radius 2 is 1.88 bits per heavy atom. The lowest BCUT2D eigenvalue weighted by Crippen LogP contribution is -2.41. The Morgan fingerprint density at radius 3 is 2.58 bits per heavy atom. The third-order valence-corrected chi connectivity index (χ3v) is 8.03. The molecule has 0 spiro atoms. The summed E-state index contributed by atoms with van der Waals surface area (Å²) in [5, 5.41) is 20.0. The van der Waals surface area contributed by atoms with Crippen LogP contribution in [0.3, 0.4) is 0 Å². The number of hydrogen-bond donors (Lipinski definition) is 3. The molecule has 0 saturated carbocycles. The van der Waals surface area contributed by atoms with Gasteiger partial charge in [-0.25, -0.2) is 8.42 Å². The second-order valence-electron chi connectivity index (χ2n) is 8.58. The Balaban J connectivity index is 1.49. The number of phenols is 1. The summed E-state index contributed by atoms with van der Waals surface area (Å²) in [4.78, 5) is 12.9. The fourth-order valence-corrected chi connectivity index (χ4v) is 5.90. The number of hydrogen-bond acceptors (Lipinski definition) is 5. The number of piperidine rings is 1. The highest BCUT2D eigenvalue weighted by molar-refractivity contribution is 7.89. The zero-order chi connectivity index (χ0) is 23.8. The second kappa shape index (κ2) is 8.99. The third kappa shape index (κ3) is 4.65. The van der Waals surface area contributed by atoms with Crippen LogP contribution in [0.1, 0.15) is 47.8 Å². The molecule has 8 nitrogen and oxygen atoms in total. The van der Waals surface area contributed by atoms with Crippen LogP contribution in [0.5, 0.6) is 5.75 Å². The van der Waals surface area contributed by atoms with E-state index in [1.165, 1.54) is 12.1 Å². The summed E-state index contributed by atoms with van der Waals surface area (Å²) in [5.41, 5.74) is 3.40. The second-order valence-corrected chi connectivity index (χ2v) is 10.5. The molecule has 1 fully saturated rings. The number of anilines is 1. The van der Waals surface area contributed by atoms with Gasteiger partial charge >= 0.3 is 0 Å². The van der Waals surface area contributed by atoms with Gasteiger partial charge in [0.05, 0.1) is 10.6 Å². The highest BCUT2D eigenvalue weighted by Crippen LogP contribution is 2.32. The zero-order valence-corrected chi connectivity index (χ0v) is 19.7. The number of H-pyrrole nitrogens is 1. The van der Waals surface area contributed by atoms with E-state index < -0.39 is 15.9 Å². The fraction of sp³-hybridized carbons (Fsp3) is 0.333. The van der Waals surface area contributed by atoms with E-state index in [9.17, 15) is 18.3 Å². The minimum Gasteiger partial charge on any atom is -0.507 e. The summed E-state index contributed by atoms with van der Waals surface area (Å²) in [6.45, 7) is 6.19. The molecule has 174 valence electrons. The van der Waals surface area contributed by atoms with Gasteiger partial charge in [0.25, 0.3) is 5.91 Å². The van der Waals surface area contributed by atoms with Crippen LogP contribution in [-0.4, -0.2) is 46.5 Å². The monoisotopic (exact) mass is 468 g/mol. The van der Waals surface area contributed by atoms with Gasteiger partial charge in [-0.05, 0) is 81.1 Å². The molecule has 1 aliphatic rings. The highest BCUT2D eigenvalue weighted by Gasteiger charge is 2.30. The number of aryl methyl sites for hydroxylation is 2. The number of amides is 1. The van der Waals surface area contributed by atoms with Crippen molar-refractivity contribution < 1.29 is 18.3 Å². The molecule has 1 atom stereocenters. The van der Waals surface area contributed by atoms with Crippen molar-refractivity contribution in [2.45, 2.75) is 51.0 Å². The smallest absolute Gasteiger partial charge is 0.273 e. The van der Waals surface area contributed by atoms with Crippen LogP contribution in [0.4, 0.5) is 5.69 Å². The van der Waals surface area contributed by atoms with E-state index >= 15 is 0 Å². The van der Waals surface area contributed by atoms with Crippen molar-refractivity contribution in [3.63, 3.8) is 0 Å². The standard InChI is InChI=1S/C24H28N4O4S/c1-15-12-16(2)23(29)20(13-15)21-14-22(27-26-21)24(30)25-18-7-9-19(10-8-18)33(31,32)28-11-5-4-6-17(28)3/h7-10,12-14,17,29H,4-6,11H2,1-3H3,(H,25,30)(H,26,27)/t17-/m0/s1. The molecule has 0 radical (unpaired) electrons.